The average Bonchev–Trinajstić information content (AvgIpc) is 2.85. The molecule has 1 aromatic carbocycles. The number of anilines is 1. The molecule has 2 heterocycles. The zero-order valence-corrected chi connectivity index (χ0v) is 11.6. The first-order chi connectivity index (χ1) is 8.75. The summed E-state index contributed by atoms with van der Waals surface area (Å²) in [7, 11) is 0. The number of hydrogen-bond donors (Lipinski definition) is 0. The van der Waals surface area contributed by atoms with E-state index >= 15 is 0 Å². The first-order valence-corrected chi connectivity index (χ1v) is 7.33. The van der Waals surface area contributed by atoms with Crippen LogP contribution in [-0.4, -0.2) is 37.1 Å². The minimum Gasteiger partial charge on any atom is -0.368 e. The lowest BCUT2D eigenvalue weighted by atomic mass is 9.99. The van der Waals surface area contributed by atoms with E-state index in [1.54, 1.807) is 0 Å². The second-order valence-corrected chi connectivity index (χ2v) is 5.99. The second-order valence-electron chi connectivity index (χ2n) is 5.99. The summed E-state index contributed by atoms with van der Waals surface area (Å²) in [5, 5.41) is 0. The summed E-state index contributed by atoms with van der Waals surface area (Å²) in [4.78, 5) is 5.29. The number of rotatable bonds is 2. The van der Waals surface area contributed by atoms with Crippen LogP contribution in [0.15, 0.2) is 24.3 Å². The Morgan fingerprint density at radius 1 is 1.11 bits per heavy atom. The molecule has 2 aliphatic rings. The van der Waals surface area contributed by atoms with E-state index in [0.29, 0.717) is 5.92 Å². The highest BCUT2D eigenvalue weighted by atomic mass is 15.3. The van der Waals surface area contributed by atoms with Gasteiger partial charge in [-0.15, -0.1) is 0 Å². The van der Waals surface area contributed by atoms with Crippen LogP contribution in [-0.2, 0) is 0 Å². The highest BCUT2D eigenvalue weighted by Crippen LogP contribution is 2.31. The molecule has 2 aliphatic heterocycles. The monoisotopic (exact) mass is 244 g/mol. The van der Waals surface area contributed by atoms with Gasteiger partial charge in [0.1, 0.15) is 0 Å². The fourth-order valence-electron chi connectivity index (χ4n) is 3.47. The Kier molecular flexibility index (Phi) is 3.29. The topological polar surface area (TPSA) is 6.48 Å². The van der Waals surface area contributed by atoms with E-state index in [0.717, 1.165) is 6.04 Å². The molecule has 3 rings (SSSR count). The van der Waals surface area contributed by atoms with Gasteiger partial charge in [-0.25, -0.2) is 0 Å². The molecule has 2 nitrogen and oxygen atoms in total. The molecule has 0 N–H and O–H groups in total. The number of fused-ring (bicyclic) bond motifs is 1. The van der Waals surface area contributed by atoms with Crippen molar-refractivity contribution in [3.8, 4) is 0 Å². The van der Waals surface area contributed by atoms with Crippen molar-refractivity contribution < 1.29 is 0 Å². The lowest BCUT2D eigenvalue weighted by Gasteiger charge is -2.40. The maximum atomic E-state index is 2.68. The number of benzene rings is 1. The molecule has 0 aliphatic carbocycles. The predicted octanol–water partition coefficient (Wildman–Crippen LogP) is 3.09. The van der Waals surface area contributed by atoms with Gasteiger partial charge >= 0.3 is 0 Å². The minimum absolute atomic E-state index is 0.614. The maximum Gasteiger partial charge on any atom is 0.0402 e. The molecule has 98 valence electrons. The van der Waals surface area contributed by atoms with E-state index in [1.807, 2.05) is 0 Å². The van der Waals surface area contributed by atoms with Gasteiger partial charge in [0, 0.05) is 31.4 Å². The fourth-order valence-corrected chi connectivity index (χ4v) is 3.47. The first-order valence-electron chi connectivity index (χ1n) is 7.33. The molecule has 18 heavy (non-hydrogen) atoms. The van der Waals surface area contributed by atoms with Crippen LogP contribution in [0.2, 0.25) is 0 Å². The number of nitrogens with zero attached hydrogens (tertiary/aromatic N) is 2. The Morgan fingerprint density at radius 3 is 2.78 bits per heavy atom. The highest BCUT2D eigenvalue weighted by molar-refractivity contribution is 5.55. The van der Waals surface area contributed by atoms with Gasteiger partial charge in [-0.3, -0.25) is 4.90 Å². The standard InChI is InChI=1S/C16H24N2/c1-13(2)15-7-3-4-8-16(15)18-11-10-17-9-5-6-14(17)12-18/h3-4,7-8,13-14H,5-6,9-12H2,1-2H3. The fraction of sp³-hybridized carbons (Fsp3) is 0.625. The molecule has 0 amide bonds. The molecule has 2 fully saturated rings. The maximum absolute atomic E-state index is 2.68. The van der Waals surface area contributed by atoms with Crippen molar-refractivity contribution in [2.75, 3.05) is 31.1 Å². The van der Waals surface area contributed by atoms with Crippen LogP contribution in [0.25, 0.3) is 0 Å². The largest absolute Gasteiger partial charge is 0.368 e. The summed E-state index contributed by atoms with van der Waals surface area (Å²) in [6.07, 6.45) is 2.78. The first kappa shape index (κ1) is 12.0. The summed E-state index contributed by atoms with van der Waals surface area (Å²) in [6, 6.07) is 9.76. The number of piperazine rings is 1. The van der Waals surface area contributed by atoms with Crippen LogP contribution in [0.1, 0.15) is 38.2 Å². The lowest BCUT2D eigenvalue weighted by Crippen LogP contribution is -2.50. The van der Waals surface area contributed by atoms with Gasteiger partial charge in [0.25, 0.3) is 0 Å². The van der Waals surface area contributed by atoms with Crippen molar-refractivity contribution in [3.63, 3.8) is 0 Å². The van der Waals surface area contributed by atoms with Gasteiger partial charge in [-0.2, -0.15) is 0 Å². The summed E-state index contributed by atoms with van der Waals surface area (Å²) >= 11 is 0. The molecule has 1 aromatic rings. The lowest BCUT2D eigenvalue weighted by molar-refractivity contribution is 0.231. The third kappa shape index (κ3) is 2.14. The van der Waals surface area contributed by atoms with Crippen molar-refractivity contribution in [3.05, 3.63) is 29.8 Å². The summed E-state index contributed by atoms with van der Waals surface area (Å²) in [6.45, 7) is 9.58. The van der Waals surface area contributed by atoms with Crippen molar-refractivity contribution in [2.24, 2.45) is 0 Å². The van der Waals surface area contributed by atoms with E-state index < -0.39 is 0 Å². The van der Waals surface area contributed by atoms with Crippen LogP contribution in [0.4, 0.5) is 5.69 Å². The van der Waals surface area contributed by atoms with Gasteiger partial charge < -0.3 is 4.90 Å². The van der Waals surface area contributed by atoms with Crippen molar-refractivity contribution >= 4 is 5.69 Å². The number of hydrogen-bond acceptors (Lipinski definition) is 2. The molecule has 0 bridgehead atoms. The average molecular weight is 244 g/mol. The molecule has 0 spiro atoms. The van der Waals surface area contributed by atoms with Crippen LogP contribution in [0.3, 0.4) is 0 Å². The molecule has 0 saturated carbocycles. The quantitative estimate of drug-likeness (QED) is 0.789. The Balaban J connectivity index is 1.82. The molecular weight excluding hydrogens is 220 g/mol. The Bertz CT molecular complexity index is 413. The van der Waals surface area contributed by atoms with E-state index in [9.17, 15) is 0 Å². The van der Waals surface area contributed by atoms with E-state index in [-0.39, 0.29) is 0 Å². The van der Waals surface area contributed by atoms with Crippen LogP contribution in [0.5, 0.6) is 0 Å². The summed E-state index contributed by atoms with van der Waals surface area (Å²) in [5.41, 5.74) is 2.97. The molecule has 2 saturated heterocycles. The van der Waals surface area contributed by atoms with Crippen molar-refractivity contribution in [1.29, 1.82) is 0 Å². The zero-order chi connectivity index (χ0) is 12.5. The van der Waals surface area contributed by atoms with Gasteiger partial charge in [0.2, 0.25) is 0 Å². The zero-order valence-electron chi connectivity index (χ0n) is 11.6. The molecule has 2 heteroatoms. The third-order valence-electron chi connectivity index (χ3n) is 4.49. The predicted molar refractivity (Wildman–Crippen MR) is 77.3 cm³/mol. The molecular formula is C16H24N2. The highest BCUT2D eigenvalue weighted by Gasteiger charge is 2.31. The van der Waals surface area contributed by atoms with E-state index in [1.165, 1.54) is 50.3 Å². The van der Waals surface area contributed by atoms with Crippen molar-refractivity contribution in [1.82, 2.24) is 4.90 Å². The van der Waals surface area contributed by atoms with Gasteiger partial charge in [0.05, 0.1) is 0 Å². The third-order valence-corrected chi connectivity index (χ3v) is 4.49. The van der Waals surface area contributed by atoms with Gasteiger partial charge in [-0.05, 0) is 36.9 Å². The Labute approximate surface area is 111 Å². The Morgan fingerprint density at radius 2 is 1.94 bits per heavy atom. The van der Waals surface area contributed by atoms with E-state index in [4.69, 9.17) is 0 Å². The summed E-state index contributed by atoms with van der Waals surface area (Å²) < 4.78 is 0. The SMILES string of the molecule is CC(C)c1ccccc1N1CCN2CCCC2C1. The molecule has 1 unspecified atom stereocenters. The molecule has 0 radical (unpaired) electrons. The van der Waals surface area contributed by atoms with Crippen LogP contribution in [0, 0.1) is 0 Å². The minimum atomic E-state index is 0.614. The van der Waals surface area contributed by atoms with Gasteiger partial charge in [0.15, 0.2) is 0 Å². The molecule has 0 aromatic heterocycles. The summed E-state index contributed by atoms with van der Waals surface area (Å²) in [5.74, 6) is 0.614. The van der Waals surface area contributed by atoms with Crippen LogP contribution < -0.4 is 4.90 Å². The van der Waals surface area contributed by atoms with Crippen LogP contribution >= 0.6 is 0 Å². The second kappa shape index (κ2) is 4.93. The normalized spacial score (nSPS) is 24.6. The van der Waals surface area contributed by atoms with Gasteiger partial charge in [-0.1, -0.05) is 32.0 Å². The van der Waals surface area contributed by atoms with E-state index in [2.05, 4.69) is 47.9 Å². The number of para-hydroxylation sites is 1. The van der Waals surface area contributed by atoms with Crippen molar-refractivity contribution in [2.45, 2.75) is 38.6 Å². The Hall–Kier alpha value is -1.02. The smallest absolute Gasteiger partial charge is 0.0402 e. The molecule has 1 atom stereocenters.